The average Bonchev–Trinajstić information content (AvgIpc) is 2.56. The summed E-state index contributed by atoms with van der Waals surface area (Å²) in [5.41, 5.74) is 0.305. The van der Waals surface area contributed by atoms with Crippen molar-refractivity contribution >= 4 is 11.9 Å². The summed E-state index contributed by atoms with van der Waals surface area (Å²) in [5, 5.41) is 0. The third-order valence-corrected chi connectivity index (χ3v) is 2.81. The summed E-state index contributed by atoms with van der Waals surface area (Å²) in [6, 6.07) is 4.90. The molecule has 0 saturated heterocycles. The second-order valence-electron chi connectivity index (χ2n) is 4.28. The topological polar surface area (TPSA) is 71.1 Å². The molecule has 0 aliphatic heterocycles. The highest BCUT2D eigenvalue weighted by Gasteiger charge is 2.14. The van der Waals surface area contributed by atoms with Crippen molar-refractivity contribution in [1.82, 2.24) is 0 Å². The van der Waals surface area contributed by atoms with Crippen molar-refractivity contribution in [2.24, 2.45) is 0 Å². The fraction of sp³-hybridized carbons (Fsp3) is 0.375. The van der Waals surface area contributed by atoms with E-state index in [2.05, 4.69) is 6.58 Å². The monoisotopic (exact) mass is 308 g/mol. The van der Waals surface area contributed by atoms with Gasteiger partial charge in [-0.1, -0.05) is 6.58 Å². The van der Waals surface area contributed by atoms with Crippen LogP contribution < -0.4 is 9.47 Å². The number of rotatable bonds is 9. The molecule has 0 aromatic heterocycles. The Labute approximate surface area is 129 Å². The molecule has 0 bridgehead atoms. The molecule has 0 saturated carbocycles. The molecular weight excluding hydrogens is 288 g/mol. The highest BCUT2D eigenvalue weighted by atomic mass is 16.5. The Balaban J connectivity index is 2.42. The second kappa shape index (κ2) is 9.44. The number of methoxy groups -OCH3 is 2. The lowest BCUT2D eigenvalue weighted by Gasteiger charge is -2.10. The Kier molecular flexibility index (Phi) is 7.53. The van der Waals surface area contributed by atoms with Crippen LogP contribution >= 0.6 is 0 Å². The minimum Gasteiger partial charge on any atom is -0.497 e. The van der Waals surface area contributed by atoms with Gasteiger partial charge >= 0.3 is 11.9 Å². The van der Waals surface area contributed by atoms with Crippen molar-refractivity contribution in [3.8, 4) is 11.5 Å². The van der Waals surface area contributed by atoms with Crippen LogP contribution in [0.25, 0.3) is 0 Å². The molecule has 0 N–H and O–H groups in total. The number of hydrogen-bond acceptors (Lipinski definition) is 6. The first-order valence-electron chi connectivity index (χ1n) is 6.80. The lowest BCUT2D eigenvalue weighted by atomic mass is 10.2. The Hall–Kier alpha value is -2.50. The van der Waals surface area contributed by atoms with E-state index in [1.807, 2.05) is 0 Å². The van der Waals surface area contributed by atoms with Crippen LogP contribution in [0.5, 0.6) is 11.5 Å². The van der Waals surface area contributed by atoms with Gasteiger partial charge in [-0.2, -0.15) is 0 Å². The molecule has 1 aromatic rings. The predicted molar refractivity (Wildman–Crippen MR) is 80.2 cm³/mol. The summed E-state index contributed by atoms with van der Waals surface area (Å²) < 4.78 is 20.2. The molecule has 0 unspecified atom stereocenters. The molecule has 0 aliphatic carbocycles. The lowest BCUT2D eigenvalue weighted by Crippen LogP contribution is -2.09. The summed E-state index contributed by atoms with van der Waals surface area (Å²) in [6.07, 6.45) is 2.29. The minimum atomic E-state index is -0.487. The molecule has 6 nitrogen and oxygen atoms in total. The Morgan fingerprint density at radius 1 is 1.09 bits per heavy atom. The Morgan fingerprint density at radius 3 is 2.36 bits per heavy atom. The van der Waals surface area contributed by atoms with Crippen molar-refractivity contribution < 1.29 is 28.5 Å². The Morgan fingerprint density at radius 2 is 1.77 bits per heavy atom. The zero-order valence-corrected chi connectivity index (χ0v) is 12.8. The highest BCUT2D eigenvalue weighted by Crippen LogP contribution is 2.24. The fourth-order valence-corrected chi connectivity index (χ4v) is 1.65. The van der Waals surface area contributed by atoms with Gasteiger partial charge in [-0.25, -0.2) is 9.59 Å². The summed E-state index contributed by atoms with van der Waals surface area (Å²) in [5.74, 6) is 0.0201. The molecule has 0 fully saturated rings. The number of esters is 2. The van der Waals surface area contributed by atoms with Gasteiger partial charge in [-0.3, -0.25) is 0 Å². The quantitative estimate of drug-likeness (QED) is 0.396. The van der Waals surface area contributed by atoms with Crippen LogP contribution in [0, 0.1) is 0 Å². The van der Waals surface area contributed by atoms with Crippen LogP contribution in [0.3, 0.4) is 0 Å². The van der Waals surface area contributed by atoms with Crippen LogP contribution in [0.1, 0.15) is 23.2 Å². The first kappa shape index (κ1) is 17.6. The molecule has 0 spiro atoms. The van der Waals surface area contributed by atoms with Gasteiger partial charge in [-0.15, -0.1) is 0 Å². The smallest absolute Gasteiger partial charge is 0.342 e. The first-order chi connectivity index (χ1) is 10.6. The van der Waals surface area contributed by atoms with E-state index in [1.165, 1.54) is 14.2 Å². The maximum atomic E-state index is 12.0. The van der Waals surface area contributed by atoms with E-state index >= 15 is 0 Å². The van der Waals surface area contributed by atoms with Crippen LogP contribution in [0.15, 0.2) is 30.9 Å². The summed E-state index contributed by atoms with van der Waals surface area (Å²) in [4.78, 5) is 22.8. The molecule has 1 rings (SSSR count). The molecule has 6 heteroatoms. The van der Waals surface area contributed by atoms with Gasteiger partial charge in [0.1, 0.15) is 17.1 Å². The minimum absolute atomic E-state index is 0.227. The van der Waals surface area contributed by atoms with Crippen LogP contribution in [-0.2, 0) is 14.3 Å². The third kappa shape index (κ3) is 5.47. The van der Waals surface area contributed by atoms with Crippen LogP contribution in [0.2, 0.25) is 0 Å². The van der Waals surface area contributed by atoms with Gasteiger partial charge in [0.05, 0.1) is 27.4 Å². The molecule has 22 heavy (non-hydrogen) atoms. The van der Waals surface area contributed by atoms with E-state index in [1.54, 1.807) is 18.2 Å². The predicted octanol–water partition coefficient (Wildman–Crippen LogP) is 2.37. The molecule has 120 valence electrons. The average molecular weight is 308 g/mol. The van der Waals surface area contributed by atoms with Gasteiger partial charge in [0.15, 0.2) is 0 Å². The lowest BCUT2D eigenvalue weighted by molar-refractivity contribution is -0.137. The van der Waals surface area contributed by atoms with E-state index in [4.69, 9.17) is 18.9 Å². The number of hydrogen-bond donors (Lipinski definition) is 0. The molecule has 0 amide bonds. The standard InChI is InChI=1S/C16H20O6/c1-4-15(17)21-9-5-6-10-22-16(18)13-11-12(19-2)7-8-14(13)20-3/h4,7-8,11H,1,5-6,9-10H2,2-3H3. The SMILES string of the molecule is C=CC(=O)OCCCCOC(=O)c1cc(OC)ccc1OC. The number of benzene rings is 1. The molecule has 0 atom stereocenters. The molecule has 0 heterocycles. The molecule has 0 aliphatic rings. The van der Waals surface area contributed by atoms with Gasteiger partial charge in [0.25, 0.3) is 0 Å². The van der Waals surface area contributed by atoms with Crippen molar-refractivity contribution in [3.05, 3.63) is 36.4 Å². The van der Waals surface area contributed by atoms with Gasteiger partial charge < -0.3 is 18.9 Å². The normalized spacial score (nSPS) is 9.73. The number of unbranched alkanes of at least 4 members (excludes halogenated alkanes) is 1. The molecular formula is C16H20O6. The second-order valence-corrected chi connectivity index (χ2v) is 4.28. The van der Waals surface area contributed by atoms with Crippen LogP contribution in [0.4, 0.5) is 0 Å². The zero-order chi connectivity index (χ0) is 16.4. The van der Waals surface area contributed by atoms with Crippen molar-refractivity contribution in [2.75, 3.05) is 27.4 Å². The maximum Gasteiger partial charge on any atom is 0.342 e. The van der Waals surface area contributed by atoms with Gasteiger partial charge in [0.2, 0.25) is 0 Å². The number of carbonyl (C=O) groups is 2. The summed E-state index contributed by atoms with van der Waals surface area (Å²) in [6.45, 7) is 3.79. The summed E-state index contributed by atoms with van der Waals surface area (Å²) in [7, 11) is 2.99. The van der Waals surface area contributed by atoms with E-state index in [0.717, 1.165) is 6.08 Å². The zero-order valence-electron chi connectivity index (χ0n) is 12.8. The van der Waals surface area contributed by atoms with Crippen molar-refractivity contribution in [3.63, 3.8) is 0 Å². The molecule has 0 radical (unpaired) electrons. The maximum absolute atomic E-state index is 12.0. The highest BCUT2D eigenvalue weighted by molar-refractivity contribution is 5.93. The Bertz CT molecular complexity index is 523. The number of ether oxygens (including phenoxy) is 4. The largest absolute Gasteiger partial charge is 0.497 e. The van der Waals surface area contributed by atoms with Gasteiger partial charge in [0, 0.05) is 6.08 Å². The van der Waals surface area contributed by atoms with E-state index in [9.17, 15) is 9.59 Å². The van der Waals surface area contributed by atoms with Gasteiger partial charge in [-0.05, 0) is 31.0 Å². The van der Waals surface area contributed by atoms with Crippen molar-refractivity contribution in [1.29, 1.82) is 0 Å². The number of carbonyl (C=O) groups excluding carboxylic acids is 2. The van der Waals surface area contributed by atoms with E-state index < -0.39 is 11.9 Å². The van der Waals surface area contributed by atoms with Crippen molar-refractivity contribution in [2.45, 2.75) is 12.8 Å². The van der Waals surface area contributed by atoms with E-state index in [0.29, 0.717) is 29.9 Å². The fourth-order valence-electron chi connectivity index (χ4n) is 1.65. The third-order valence-electron chi connectivity index (χ3n) is 2.81. The van der Waals surface area contributed by atoms with E-state index in [-0.39, 0.29) is 13.2 Å². The first-order valence-corrected chi connectivity index (χ1v) is 6.80. The molecule has 1 aromatic carbocycles. The summed E-state index contributed by atoms with van der Waals surface area (Å²) >= 11 is 0. The van der Waals surface area contributed by atoms with Crippen LogP contribution in [-0.4, -0.2) is 39.4 Å².